The third kappa shape index (κ3) is 1.89. The van der Waals surface area contributed by atoms with Gasteiger partial charge in [0.2, 0.25) is 0 Å². The maximum atomic E-state index is 12.0. The van der Waals surface area contributed by atoms with Gasteiger partial charge in [0, 0.05) is 18.7 Å². The number of carbonyl (C=O) groups excluding carboxylic acids is 1. The van der Waals surface area contributed by atoms with Crippen molar-refractivity contribution in [2.45, 2.75) is 26.2 Å². The lowest BCUT2D eigenvalue weighted by molar-refractivity contribution is -0.125. The van der Waals surface area contributed by atoms with E-state index in [1.165, 1.54) is 0 Å². The molecule has 0 aromatic carbocycles. The van der Waals surface area contributed by atoms with Crippen LogP contribution in [0.1, 0.15) is 26.2 Å². The smallest absolute Gasteiger partial charge is 0.253 e. The number of carbonyl (C=O) groups is 1. The summed E-state index contributed by atoms with van der Waals surface area (Å²) in [7, 11) is 0. The highest BCUT2D eigenvalue weighted by Crippen LogP contribution is 2.19. The minimum Gasteiger partial charge on any atom is -0.338 e. The van der Waals surface area contributed by atoms with Gasteiger partial charge in [-0.25, -0.2) is 0 Å². The van der Waals surface area contributed by atoms with E-state index in [0.717, 1.165) is 37.9 Å². The van der Waals surface area contributed by atoms with Crippen molar-refractivity contribution in [1.82, 2.24) is 4.90 Å². The third-order valence-electron chi connectivity index (χ3n) is 2.95. The van der Waals surface area contributed by atoms with E-state index >= 15 is 0 Å². The second-order valence-corrected chi connectivity index (χ2v) is 4.28. The Labute approximate surface area is 85.3 Å². The van der Waals surface area contributed by atoms with E-state index in [2.05, 4.69) is 19.1 Å². The van der Waals surface area contributed by atoms with E-state index in [9.17, 15) is 4.79 Å². The summed E-state index contributed by atoms with van der Waals surface area (Å²) in [5.74, 6) is 0.900. The zero-order chi connectivity index (χ0) is 9.97. The molecule has 0 aromatic rings. The molecule has 14 heavy (non-hydrogen) atoms. The Hall–Kier alpha value is -1.05. The lowest BCUT2D eigenvalue weighted by atomic mass is 10.1. The zero-order valence-corrected chi connectivity index (χ0v) is 8.70. The molecule has 0 N–H and O–H groups in total. The van der Waals surface area contributed by atoms with Crippen LogP contribution in [0, 0.1) is 5.92 Å². The number of nitrogens with zero attached hydrogens (tertiary/aromatic N) is 1. The fourth-order valence-electron chi connectivity index (χ4n) is 2.07. The molecule has 2 heteroatoms. The molecule has 76 valence electrons. The monoisotopic (exact) mass is 191 g/mol. The molecule has 1 unspecified atom stereocenters. The quantitative estimate of drug-likeness (QED) is 0.621. The molecule has 2 rings (SSSR count). The van der Waals surface area contributed by atoms with Crippen molar-refractivity contribution in [2.24, 2.45) is 5.92 Å². The number of amides is 1. The first-order valence-corrected chi connectivity index (χ1v) is 5.43. The van der Waals surface area contributed by atoms with Gasteiger partial charge in [-0.3, -0.25) is 4.79 Å². The van der Waals surface area contributed by atoms with Crippen LogP contribution in [0.2, 0.25) is 0 Å². The molecule has 1 fully saturated rings. The van der Waals surface area contributed by atoms with Gasteiger partial charge < -0.3 is 4.90 Å². The lowest BCUT2D eigenvalue weighted by Crippen LogP contribution is -2.29. The van der Waals surface area contributed by atoms with E-state index in [0.29, 0.717) is 5.92 Å². The predicted molar refractivity (Wildman–Crippen MR) is 56.8 cm³/mol. The van der Waals surface area contributed by atoms with E-state index in [1.807, 2.05) is 11.0 Å². The molecule has 2 aliphatic rings. The van der Waals surface area contributed by atoms with Crippen LogP contribution >= 0.6 is 0 Å². The molecule has 0 radical (unpaired) electrons. The van der Waals surface area contributed by atoms with Crippen molar-refractivity contribution < 1.29 is 4.79 Å². The number of allylic oxidation sites excluding steroid dienone is 2. The maximum Gasteiger partial charge on any atom is 0.253 e. The summed E-state index contributed by atoms with van der Waals surface area (Å²) in [4.78, 5) is 13.9. The first-order chi connectivity index (χ1) is 6.77. The molecule has 1 amide bonds. The summed E-state index contributed by atoms with van der Waals surface area (Å²) in [6.45, 7) is 4.08. The van der Waals surface area contributed by atoms with Crippen LogP contribution in [0.5, 0.6) is 0 Å². The van der Waals surface area contributed by atoms with Gasteiger partial charge in [0.05, 0.1) is 0 Å². The molecule has 0 bridgehead atoms. The summed E-state index contributed by atoms with van der Waals surface area (Å²) in [6, 6.07) is 0. The topological polar surface area (TPSA) is 20.3 Å². The van der Waals surface area contributed by atoms with E-state index < -0.39 is 0 Å². The molecule has 2 nitrogen and oxygen atoms in total. The van der Waals surface area contributed by atoms with Gasteiger partial charge in [-0.05, 0) is 25.2 Å². The Morgan fingerprint density at radius 2 is 2.36 bits per heavy atom. The summed E-state index contributed by atoms with van der Waals surface area (Å²) >= 11 is 0. The average molecular weight is 191 g/mol. The number of hydrogen-bond donors (Lipinski definition) is 0. The van der Waals surface area contributed by atoms with Crippen molar-refractivity contribution in [2.75, 3.05) is 13.1 Å². The zero-order valence-electron chi connectivity index (χ0n) is 8.70. The molecule has 1 aliphatic carbocycles. The van der Waals surface area contributed by atoms with Gasteiger partial charge >= 0.3 is 0 Å². The Balaban J connectivity index is 2.01. The van der Waals surface area contributed by atoms with Crippen LogP contribution in [-0.2, 0) is 4.79 Å². The van der Waals surface area contributed by atoms with Gasteiger partial charge in [0.25, 0.3) is 5.91 Å². The second kappa shape index (κ2) is 3.99. The van der Waals surface area contributed by atoms with Gasteiger partial charge in [0.1, 0.15) is 0 Å². The molecular formula is C12H17NO. The largest absolute Gasteiger partial charge is 0.338 e. The van der Waals surface area contributed by atoms with Gasteiger partial charge in [0.15, 0.2) is 0 Å². The number of hydrogen-bond acceptors (Lipinski definition) is 1. The van der Waals surface area contributed by atoms with Gasteiger partial charge in [-0.1, -0.05) is 25.2 Å². The number of rotatable bonds is 1. The highest BCUT2D eigenvalue weighted by molar-refractivity contribution is 5.96. The van der Waals surface area contributed by atoms with Crippen LogP contribution in [0.4, 0.5) is 0 Å². The molecule has 1 heterocycles. The first-order valence-electron chi connectivity index (χ1n) is 5.43. The van der Waals surface area contributed by atoms with Crippen molar-refractivity contribution in [3.8, 4) is 0 Å². The first kappa shape index (κ1) is 9.50. The van der Waals surface area contributed by atoms with E-state index in [4.69, 9.17) is 0 Å². The molecule has 0 aromatic heterocycles. The summed E-state index contributed by atoms with van der Waals surface area (Å²) < 4.78 is 0. The van der Waals surface area contributed by atoms with E-state index in [1.54, 1.807) is 0 Å². The van der Waals surface area contributed by atoms with Crippen LogP contribution in [0.3, 0.4) is 0 Å². The van der Waals surface area contributed by atoms with Crippen LogP contribution in [0.25, 0.3) is 0 Å². The summed E-state index contributed by atoms with van der Waals surface area (Å²) in [6.07, 6.45) is 9.36. The molecule has 0 saturated carbocycles. The average Bonchev–Trinajstić information content (AvgIpc) is 2.65. The SMILES string of the molecule is CC1CCN(C(=O)C2=CCCC=C2)C1. The summed E-state index contributed by atoms with van der Waals surface area (Å²) in [5, 5.41) is 0. The maximum absolute atomic E-state index is 12.0. The van der Waals surface area contributed by atoms with Crippen LogP contribution in [-0.4, -0.2) is 23.9 Å². The normalized spacial score (nSPS) is 26.5. The van der Waals surface area contributed by atoms with Crippen LogP contribution < -0.4 is 0 Å². The van der Waals surface area contributed by atoms with Crippen molar-refractivity contribution in [3.63, 3.8) is 0 Å². The minimum atomic E-state index is 0.227. The highest BCUT2D eigenvalue weighted by Gasteiger charge is 2.24. The summed E-state index contributed by atoms with van der Waals surface area (Å²) in [5.41, 5.74) is 0.894. The Kier molecular flexibility index (Phi) is 2.71. The fourth-order valence-corrected chi connectivity index (χ4v) is 2.07. The molecule has 1 aliphatic heterocycles. The number of likely N-dealkylation sites (tertiary alicyclic amines) is 1. The molecule has 1 saturated heterocycles. The predicted octanol–water partition coefficient (Wildman–Crippen LogP) is 2.13. The third-order valence-corrected chi connectivity index (χ3v) is 2.95. The Morgan fingerprint density at radius 1 is 1.50 bits per heavy atom. The van der Waals surface area contributed by atoms with Crippen molar-refractivity contribution in [1.29, 1.82) is 0 Å². The highest BCUT2D eigenvalue weighted by atomic mass is 16.2. The van der Waals surface area contributed by atoms with E-state index in [-0.39, 0.29) is 5.91 Å². The second-order valence-electron chi connectivity index (χ2n) is 4.28. The standard InChI is InChI=1S/C12H17NO/c1-10-7-8-13(9-10)12(14)11-5-3-2-4-6-11/h3,5-6,10H,2,4,7-9H2,1H3. The molecule has 0 spiro atoms. The minimum absolute atomic E-state index is 0.227. The Morgan fingerprint density at radius 3 is 2.93 bits per heavy atom. The van der Waals surface area contributed by atoms with Crippen molar-refractivity contribution in [3.05, 3.63) is 23.8 Å². The fraction of sp³-hybridized carbons (Fsp3) is 0.583. The van der Waals surface area contributed by atoms with Gasteiger partial charge in [-0.2, -0.15) is 0 Å². The lowest BCUT2D eigenvalue weighted by Gasteiger charge is -2.17. The molecular weight excluding hydrogens is 174 g/mol. The Bertz CT molecular complexity index is 291. The van der Waals surface area contributed by atoms with Gasteiger partial charge in [-0.15, -0.1) is 0 Å². The van der Waals surface area contributed by atoms with Crippen molar-refractivity contribution >= 4 is 5.91 Å². The van der Waals surface area contributed by atoms with Crippen LogP contribution in [0.15, 0.2) is 23.8 Å². The molecule has 1 atom stereocenters.